The van der Waals surface area contributed by atoms with Crippen LogP contribution in [0.1, 0.15) is 27.0 Å². The molecule has 0 radical (unpaired) electrons. The van der Waals surface area contributed by atoms with E-state index in [1.807, 2.05) is 30.3 Å². The van der Waals surface area contributed by atoms with Gasteiger partial charge in [0.05, 0.1) is 5.56 Å². The van der Waals surface area contributed by atoms with E-state index < -0.39 is 17.6 Å². The Kier molecular flexibility index (Phi) is 6.34. The molecule has 0 bridgehead atoms. The van der Waals surface area contributed by atoms with Gasteiger partial charge in [0.1, 0.15) is 0 Å². The molecule has 29 heavy (non-hydrogen) atoms. The van der Waals surface area contributed by atoms with Crippen molar-refractivity contribution in [1.29, 1.82) is 0 Å². The summed E-state index contributed by atoms with van der Waals surface area (Å²) in [5.74, 6) is -0.456. The highest BCUT2D eigenvalue weighted by molar-refractivity contribution is 5.94. The Morgan fingerprint density at radius 1 is 0.862 bits per heavy atom. The Balaban J connectivity index is 1.50. The van der Waals surface area contributed by atoms with Gasteiger partial charge >= 0.3 is 6.18 Å². The minimum atomic E-state index is -4.31. The summed E-state index contributed by atoms with van der Waals surface area (Å²) in [7, 11) is 0. The zero-order valence-corrected chi connectivity index (χ0v) is 15.7. The van der Waals surface area contributed by atoms with Gasteiger partial charge < -0.3 is 11.1 Å². The molecular weight excluding hydrogens is 377 g/mol. The summed E-state index contributed by atoms with van der Waals surface area (Å²) in [5, 5.41) is 3.24. The fraction of sp³-hybridized carbons (Fsp3) is 0.174. The number of carbonyl (C=O) groups is 1. The molecular formula is C23H21F3N2O. The maximum Gasteiger partial charge on any atom is 0.416 e. The highest BCUT2D eigenvalue weighted by Gasteiger charge is 2.29. The minimum Gasteiger partial charge on any atom is -0.366 e. The van der Waals surface area contributed by atoms with E-state index in [4.69, 9.17) is 5.73 Å². The van der Waals surface area contributed by atoms with Crippen molar-refractivity contribution < 1.29 is 18.0 Å². The monoisotopic (exact) mass is 398 g/mol. The van der Waals surface area contributed by atoms with Crippen molar-refractivity contribution in [3.05, 3.63) is 95.1 Å². The molecule has 0 aromatic heterocycles. The van der Waals surface area contributed by atoms with E-state index in [0.29, 0.717) is 18.7 Å². The van der Waals surface area contributed by atoms with Gasteiger partial charge in [0.15, 0.2) is 0 Å². The van der Waals surface area contributed by atoms with Gasteiger partial charge in [-0.15, -0.1) is 0 Å². The fourth-order valence-electron chi connectivity index (χ4n) is 2.99. The number of nitrogens with one attached hydrogen (secondary N) is 1. The Morgan fingerprint density at radius 3 is 2.14 bits per heavy atom. The van der Waals surface area contributed by atoms with E-state index >= 15 is 0 Å². The van der Waals surface area contributed by atoms with Gasteiger partial charge in [-0.25, -0.2) is 0 Å². The molecule has 6 heteroatoms. The van der Waals surface area contributed by atoms with Gasteiger partial charge in [-0.3, -0.25) is 4.79 Å². The van der Waals surface area contributed by atoms with Crippen LogP contribution in [0.25, 0.3) is 11.1 Å². The van der Waals surface area contributed by atoms with E-state index in [-0.39, 0.29) is 0 Å². The number of benzene rings is 3. The van der Waals surface area contributed by atoms with Crippen molar-refractivity contribution in [1.82, 2.24) is 5.32 Å². The minimum absolute atomic E-state index is 0.456. The second-order valence-electron chi connectivity index (χ2n) is 6.76. The number of nitrogens with two attached hydrogens (primary N) is 1. The molecule has 0 unspecified atom stereocenters. The van der Waals surface area contributed by atoms with Crippen molar-refractivity contribution >= 4 is 5.91 Å². The van der Waals surface area contributed by atoms with Crippen LogP contribution in [0.4, 0.5) is 13.2 Å². The van der Waals surface area contributed by atoms with Gasteiger partial charge in [-0.2, -0.15) is 13.2 Å². The van der Waals surface area contributed by atoms with Crippen LogP contribution in [-0.2, 0) is 19.1 Å². The summed E-state index contributed by atoms with van der Waals surface area (Å²) >= 11 is 0. The Labute approximate surface area is 167 Å². The zero-order valence-electron chi connectivity index (χ0n) is 15.7. The summed E-state index contributed by atoms with van der Waals surface area (Å²) in [6.07, 6.45) is -3.51. The molecule has 0 fully saturated rings. The first-order valence-electron chi connectivity index (χ1n) is 9.19. The molecule has 0 aliphatic heterocycles. The third-order valence-corrected chi connectivity index (χ3v) is 4.64. The standard InChI is InChI=1S/C23H21F3N2O/c24-23(25,26)21-10-6-17(7-11-21)15-28-13-12-16-4-8-18(9-5-16)19-2-1-3-20(14-19)22(27)29/h1-11,14,28H,12-13,15H2,(H2,27,29). The number of alkyl halides is 3. The number of halogens is 3. The predicted octanol–water partition coefficient (Wildman–Crippen LogP) is 4.80. The van der Waals surface area contributed by atoms with Crippen molar-refractivity contribution in [2.24, 2.45) is 5.73 Å². The summed E-state index contributed by atoms with van der Waals surface area (Å²) < 4.78 is 37.7. The molecule has 0 heterocycles. The molecule has 3 nitrogen and oxygen atoms in total. The summed E-state index contributed by atoms with van der Waals surface area (Å²) in [4.78, 5) is 11.3. The van der Waals surface area contributed by atoms with Crippen LogP contribution in [-0.4, -0.2) is 12.5 Å². The Bertz CT molecular complexity index is 965. The molecule has 0 aliphatic rings. The Hall–Kier alpha value is -3.12. The van der Waals surface area contributed by atoms with Crippen LogP contribution in [0, 0.1) is 0 Å². The van der Waals surface area contributed by atoms with Crippen molar-refractivity contribution in [2.75, 3.05) is 6.54 Å². The van der Waals surface area contributed by atoms with Crippen LogP contribution in [0.15, 0.2) is 72.8 Å². The number of primary amides is 1. The third-order valence-electron chi connectivity index (χ3n) is 4.64. The number of hydrogen-bond acceptors (Lipinski definition) is 2. The number of hydrogen-bond donors (Lipinski definition) is 2. The maximum absolute atomic E-state index is 12.6. The van der Waals surface area contributed by atoms with Gasteiger partial charge in [0.25, 0.3) is 0 Å². The normalized spacial score (nSPS) is 11.4. The largest absolute Gasteiger partial charge is 0.416 e. The second-order valence-corrected chi connectivity index (χ2v) is 6.76. The molecule has 3 aromatic carbocycles. The first-order valence-corrected chi connectivity index (χ1v) is 9.19. The predicted molar refractivity (Wildman–Crippen MR) is 107 cm³/mol. The average Bonchev–Trinajstić information content (AvgIpc) is 2.71. The fourth-order valence-corrected chi connectivity index (χ4v) is 2.99. The van der Waals surface area contributed by atoms with Crippen LogP contribution >= 0.6 is 0 Å². The molecule has 3 N–H and O–H groups in total. The molecule has 0 saturated heterocycles. The lowest BCUT2D eigenvalue weighted by molar-refractivity contribution is -0.137. The Morgan fingerprint density at radius 2 is 1.52 bits per heavy atom. The first-order chi connectivity index (χ1) is 13.8. The second kappa shape index (κ2) is 8.92. The topological polar surface area (TPSA) is 55.1 Å². The molecule has 0 saturated carbocycles. The lowest BCUT2D eigenvalue weighted by Crippen LogP contribution is -2.16. The quantitative estimate of drug-likeness (QED) is 0.562. The molecule has 150 valence electrons. The van der Waals surface area contributed by atoms with Crippen molar-refractivity contribution in [2.45, 2.75) is 19.1 Å². The van der Waals surface area contributed by atoms with Crippen molar-refractivity contribution in [3.8, 4) is 11.1 Å². The lowest BCUT2D eigenvalue weighted by Gasteiger charge is -2.09. The highest BCUT2D eigenvalue weighted by Crippen LogP contribution is 2.29. The van der Waals surface area contributed by atoms with Crippen LogP contribution in [0.2, 0.25) is 0 Å². The van der Waals surface area contributed by atoms with E-state index in [9.17, 15) is 18.0 Å². The molecule has 1 amide bonds. The first kappa shape index (κ1) is 20.6. The molecule has 0 aliphatic carbocycles. The van der Waals surface area contributed by atoms with Gasteiger partial charge in [0, 0.05) is 12.1 Å². The van der Waals surface area contributed by atoms with Gasteiger partial charge in [-0.1, -0.05) is 48.5 Å². The van der Waals surface area contributed by atoms with E-state index in [1.165, 1.54) is 12.1 Å². The molecule has 0 spiro atoms. The van der Waals surface area contributed by atoms with E-state index in [1.54, 1.807) is 18.2 Å². The smallest absolute Gasteiger partial charge is 0.366 e. The van der Waals surface area contributed by atoms with Crippen molar-refractivity contribution in [3.63, 3.8) is 0 Å². The third kappa shape index (κ3) is 5.68. The van der Waals surface area contributed by atoms with E-state index in [0.717, 1.165) is 40.8 Å². The average molecular weight is 398 g/mol. The summed E-state index contributed by atoms with van der Waals surface area (Å²) in [5.41, 5.74) is 9.03. The van der Waals surface area contributed by atoms with Gasteiger partial charge in [-0.05, 0) is 59.5 Å². The SMILES string of the molecule is NC(=O)c1cccc(-c2ccc(CCNCc3ccc(C(F)(F)F)cc3)cc2)c1. The van der Waals surface area contributed by atoms with Crippen LogP contribution in [0.3, 0.4) is 0 Å². The molecule has 3 rings (SSSR count). The maximum atomic E-state index is 12.6. The molecule has 3 aromatic rings. The lowest BCUT2D eigenvalue weighted by atomic mass is 10.0. The highest BCUT2D eigenvalue weighted by atomic mass is 19.4. The van der Waals surface area contributed by atoms with E-state index in [2.05, 4.69) is 5.32 Å². The number of carbonyl (C=O) groups excluding carboxylic acids is 1. The number of amides is 1. The molecule has 0 atom stereocenters. The zero-order chi connectivity index (χ0) is 20.9. The number of rotatable bonds is 7. The van der Waals surface area contributed by atoms with Crippen LogP contribution < -0.4 is 11.1 Å². The van der Waals surface area contributed by atoms with Gasteiger partial charge in [0.2, 0.25) is 5.91 Å². The summed E-state index contributed by atoms with van der Waals surface area (Å²) in [6, 6.07) is 20.4. The van der Waals surface area contributed by atoms with Crippen LogP contribution in [0.5, 0.6) is 0 Å². The summed E-state index contributed by atoms with van der Waals surface area (Å²) in [6.45, 7) is 1.22.